The number of hydrogen-bond acceptors (Lipinski definition) is 4. The van der Waals surface area contributed by atoms with E-state index in [1.165, 1.54) is 12.1 Å². The van der Waals surface area contributed by atoms with Crippen molar-refractivity contribution >= 4 is 23.2 Å². The standard InChI is InChI=1S/C24H21FN2O4/c1-16-2-9-20(10-3-16)30-14-23(28)26-19-8-11-21-22(12-19)31-15-24(29)27(21)13-17-4-6-18(25)7-5-17/h2-12H,13-15H2,1H3,(H,26,28). The van der Waals surface area contributed by atoms with Crippen molar-refractivity contribution in [1.82, 2.24) is 0 Å². The maximum atomic E-state index is 13.2. The molecule has 3 aromatic carbocycles. The van der Waals surface area contributed by atoms with Gasteiger partial charge in [-0.2, -0.15) is 0 Å². The highest BCUT2D eigenvalue weighted by atomic mass is 19.1. The van der Waals surface area contributed by atoms with Crippen LogP contribution in [0.15, 0.2) is 66.7 Å². The summed E-state index contributed by atoms with van der Waals surface area (Å²) in [5, 5.41) is 2.77. The predicted octanol–water partition coefficient (Wildman–Crippen LogP) is 4.08. The molecule has 0 unspecified atom stereocenters. The van der Waals surface area contributed by atoms with Gasteiger partial charge in [-0.15, -0.1) is 0 Å². The van der Waals surface area contributed by atoms with Crippen molar-refractivity contribution in [1.29, 1.82) is 0 Å². The van der Waals surface area contributed by atoms with Crippen molar-refractivity contribution in [2.24, 2.45) is 0 Å². The number of carbonyl (C=O) groups excluding carboxylic acids is 2. The number of fused-ring (bicyclic) bond motifs is 1. The lowest BCUT2D eigenvalue weighted by atomic mass is 10.1. The molecule has 0 aromatic heterocycles. The van der Waals surface area contributed by atoms with Gasteiger partial charge in [0, 0.05) is 11.8 Å². The van der Waals surface area contributed by atoms with E-state index in [2.05, 4.69) is 5.32 Å². The largest absolute Gasteiger partial charge is 0.484 e. The fourth-order valence-electron chi connectivity index (χ4n) is 3.21. The summed E-state index contributed by atoms with van der Waals surface area (Å²) in [5.74, 6) is 0.267. The van der Waals surface area contributed by atoms with Gasteiger partial charge in [0.25, 0.3) is 11.8 Å². The summed E-state index contributed by atoms with van der Waals surface area (Å²) in [6.45, 7) is 2.03. The summed E-state index contributed by atoms with van der Waals surface area (Å²) < 4.78 is 24.2. The van der Waals surface area contributed by atoms with E-state index < -0.39 is 0 Å². The highest BCUT2D eigenvalue weighted by Gasteiger charge is 2.26. The van der Waals surface area contributed by atoms with Gasteiger partial charge in [-0.3, -0.25) is 9.59 Å². The lowest BCUT2D eigenvalue weighted by Gasteiger charge is -2.29. The molecule has 1 heterocycles. The summed E-state index contributed by atoms with van der Waals surface area (Å²) in [6, 6.07) is 18.5. The number of benzene rings is 3. The Labute approximate surface area is 179 Å². The number of rotatable bonds is 6. The third-order valence-corrected chi connectivity index (χ3v) is 4.83. The number of anilines is 2. The molecule has 4 rings (SSSR count). The van der Waals surface area contributed by atoms with Crippen LogP contribution >= 0.6 is 0 Å². The lowest BCUT2D eigenvalue weighted by Crippen LogP contribution is -2.38. The number of nitrogens with zero attached hydrogens (tertiary/aromatic N) is 1. The van der Waals surface area contributed by atoms with E-state index in [0.29, 0.717) is 29.4 Å². The Morgan fingerprint density at radius 2 is 1.84 bits per heavy atom. The second kappa shape index (κ2) is 8.87. The fraction of sp³-hybridized carbons (Fsp3) is 0.167. The lowest BCUT2D eigenvalue weighted by molar-refractivity contribution is -0.121. The molecular weight excluding hydrogens is 399 g/mol. The average Bonchev–Trinajstić information content (AvgIpc) is 2.77. The van der Waals surface area contributed by atoms with Gasteiger partial charge in [-0.25, -0.2) is 4.39 Å². The normalized spacial score (nSPS) is 12.7. The molecule has 0 atom stereocenters. The van der Waals surface area contributed by atoms with E-state index in [0.717, 1.165) is 11.1 Å². The molecule has 2 amide bonds. The van der Waals surface area contributed by atoms with Gasteiger partial charge in [0.05, 0.1) is 12.2 Å². The molecule has 0 bridgehead atoms. The van der Waals surface area contributed by atoms with Crippen LogP contribution in [0.25, 0.3) is 0 Å². The van der Waals surface area contributed by atoms with Crippen molar-refractivity contribution in [2.45, 2.75) is 13.5 Å². The molecule has 0 saturated carbocycles. The number of aryl methyl sites for hydroxylation is 1. The second-order valence-electron chi connectivity index (χ2n) is 7.23. The molecule has 158 valence electrons. The molecule has 0 saturated heterocycles. The number of ether oxygens (including phenoxy) is 2. The van der Waals surface area contributed by atoms with Crippen LogP contribution in [0.3, 0.4) is 0 Å². The SMILES string of the molecule is Cc1ccc(OCC(=O)Nc2ccc3c(c2)OCC(=O)N3Cc2ccc(F)cc2)cc1. The Morgan fingerprint density at radius 3 is 2.58 bits per heavy atom. The first-order valence-electron chi connectivity index (χ1n) is 9.79. The van der Waals surface area contributed by atoms with Crippen molar-refractivity contribution in [3.05, 3.63) is 83.7 Å². The fourth-order valence-corrected chi connectivity index (χ4v) is 3.21. The van der Waals surface area contributed by atoms with Crippen molar-refractivity contribution in [3.63, 3.8) is 0 Å². The zero-order valence-electron chi connectivity index (χ0n) is 16.9. The summed E-state index contributed by atoms with van der Waals surface area (Å²) in [6.07, 6.45) is 0. The number of hydrogen-bond donors (Lipinski definition) is 1. The summed E-state index contributed by atoms with van der Waals surface area (Å²) in [5.41, 5.74) is 3.04. The first kappa shape index (κ1) is 20.4. The van der Waals surface area contributed by atoms with E-state index in [9.17, 15) is 14.0 Å². The Bertz CT molecular complexity index is 1100. The minimum atomic E-state index is -0.329. The van der Waals surface area contributed by atoms with Gasteiger partial charge >= 0.3 is 0 Å². The third-order valence-electron chi connectivity index (χ3n) is 4.83. The molecule has 0 aliphatic carbocycles. The molecule has 1 N–H and O–H groups in total. The van der Waals surface area contributed by atoms with Crippen molar-refractivity contribution < 1.29 is 23.5 Å². The molecule has 1 aliphatic heterocycles. The van der Waals surface area contributed by atoms with Gasteiger partial charge in [0.1, 0.15) is 17.3 Å². The van der Waals surface area contributed by atoms with Crippen LogP contribution in [0, 0.1) is 12.7 Å². The van der Waals surface area contributed by atoms with Crippen molar-refractivity contribution in [2.75, 3.05) is 23.4 Å². The molecule has 3 aromatic rings. The van der Waals surface area contributed by atoms with Gasteiger partial charge in [0.15, 0.2) is 13.2 Å². The van der Waals surface area contributed by atoms with E-state index in [1.807, 2.05) is 31.2 Å². The van der Waals surface area contributed by atoms with E-state index in [1.54, 1.807) is 35.2 Å². The highest BCUT2D eigenvalue weighted by molar-refractivity contribution is 5.99. The quantitative estimate of drug-likeness (QED) is 0.653. The minimum absolute atomic E-state index is 0.109. The molecule has 31 heavy (non-hydrogen) atoms. The topological polar surface area (TPSA) is 67.9 Å². The van der Waals surface area contributed by atoms with Gasteiger partial charge in [0.2, 0.25) is 0 Å². The third kappa shape index (κ3) is 5.01. The van der Waals surface area contributed by atoms with Crippen LogP contribution in [-0.4, -0.2) is 25.0 Å². The number of nitrogens with one attached hydrogen (secondary N) is 1. The maximum Gasteiger partial charge on any atom is 0.265 e. The Hall–Kier alpha value is -3.87. The summed E-state index contributed by atoms with van der Waals surface area (Å²) in [7, 11) is 0. The summed E-state index contributed by atoms with van der Waals surface area (Å²) in [4.78, 5) is 26.2. The minimum Gasteiger partial charge on any atom is -0.484 e. The predicted molar refractivity (Wildman–Crippen MR) is 115 cm³/mol. The summed E-state index contributed by atoms with van der Waals surface area (Å²) >= 11 is 0. The second-order valence-corrected chi connectivity index (χ2v) is 7.23. The molecule has 1 aliphatic rings. The van der Waals surface area contributed by atoms with Gasteiger partial charge in [-0.1, -0.05) is 29.8 Å². The molecular formula is C24H21FN2O4. The van der Waals surface area contributed by atoms with Crippen LogP contribution in [0.1, 0.15) is 11.1 Å². The molecule has 0 spiro atoms. The zero-order chi connectivity index (χ0) is 21.8. The average molecular weight is 420 g/mol. The molecule has 7 heteroatoms. The van der Waals surface area contributed by atoms with Crippen LogP contribution in [0.5, 0.6) is 11.5 Å². The Balaban J connectivity index is 1.42. The zero-order valence-corrected chi connectivity index (χ0v) is 16.9. The molecule has 6 nitrogen and oxygen atoms in total. The van der Waals surface area contributed by atoms with Crippen LogP contribution in [0.2, 0.25) is 0 Å². The number of carbonyl (C=O) groups is 2. The first-order valence-corrected chi connectivity index (χ1v) is 9.79. The van der Waals surface area contributed by atoms with E-state index in [4.69, 9.17) is 9.47 Å². The Morgan fingerprint density at radius 1 is 1.10 bits per heavy atom. The molecule has 0 fully saturated rings. The van der Waals surface area contributed by atoms with Gasteiger partial charge in [-0.05, 0) is 48.9 Å². The smallest absolute Gasteiger partial charge is 0.265 e. The van der Waals surface area contributed by atoms with E-state index in [-0.39, 0.29) is 30.8 Å². The monoisotopic (exact) mass is 420 g/mol. The van der Waals surface area contributed by atoms with Crippen LogP contribution in [0.4, 0.5) is 15.8 Å². The number of amides is 2. The first-order chi connectivity index (χ1) is 15.0. The van der Waals surface area contributed by atoms with Crippen LogP contribution < -0.4 is 19.7 Å². The molecule has 0 radical (unpaired) electrons. The maximum absolute atomic E-state index is 13.2. The van der Waals surface area contributed by atoms with Crippen molar-refractivity contribution in [3.8, 4) is 11.5 Å². The van der Waals surface area contributed by atoms with Gasteiger partial charge < -0.3 is 19.7 Å². The van der Waals surface area contributed by atoms with E-state index >= 15 is 0 Å². The highest BCUT2D eigenvalue weighted by Crippen LogP contribution is 2.35. The number of halogens is 1. The van der Waals surface area contributed by atoms with Crippen LogP contribution in [-0.2, 0) is 16.1 Å². The Kier molecular flexibility index (Phi) is 5.84.